The number of unbranched alkanes of at least 4 members (excludes halogenated alkanes) is 1. The molecule has 0 bridgehead atoms. The Morgan fingerprint density at radius 3 is 2.58 bits per heavy atom. The molecule has 0 saturated heterocycles. The van der Waals surface area contributed by atoms with Crippen LogP contribution in [0.5, 0.6) is 0 Å². The molecule has 70 valence electrons. The minimum Gasteiger partial charge on any atom is -0.515 e. The van der Waals surface area contributed by atoms with Gasteiger partial charge in [0.2, 0.25) is 0 Å². The Kier molecular flexibility index (Phi) is 6.15. The van der Waals surface area contributed by atoms with Crippen molar-refractivity contribution in [2.24, 2.45) is 0 Å². The van der Waals surface area contributed by atoms with Gasteiger partial charge in [-0.25, -0.2) is 4.79 Å². The van der Waals surface area contributed by atoms with Crippen molar-refractivity contribution in [2.45, 2.75) is 33.1 Å². The van der Waals surface area contributed by atoms with Gasteiger partial charge in [-0.05, 0) is 19.8 Å². The summed E-state index contributed by atoms with van der Waals surface area (Å²) in [7, 11) is 0. The van der Waals surface area contributed by atoms with Gasteiger partial charge in [-0.15, -0.1) is 0 Å². The van der Waals surface area contributed by atoms with Crippen LogP contribution in [-0.2, 0) is 9.53 Å². The van der Waals surface area contributed by atoms with Crippen molar-refractivity contribution >= 4 is 5.97 Å². The Labute approximate surface area is 73.0 Å². The molecule has 1 N–H and O–H groups in total. The van der Waals surface area contributed by atoms with E-state index in [0.717, 1.165) is 19.1 Å². The third-order valence-electron chi connectivity index (χ3n) is 1.49. The topological polar surface area (TPSA) is 46.5 Å². The maximum absolute atomic E-state index is 11.0. The average molecular weight is 172 g/mol. The Bertz CT molecular complexity index is 161. The van der Waals surface area contributed by atoms with Gasteiger partial charge in [-0.3, -0.25) is 0 Å². The highest BCUT2D eigenvalue weighted by molar-refractivity contribution is 5.87. The number of rotatable bonds is 5. The predicted octanol–water partition coefficient (Wildman–Crippen LogP) is 2.18. The molecule has 0 radical (unpaired) electrons. The maximum Gasteiger partial charge on any atom is 0.337 e. The molecule has 0 fully saturated rings. The highest BCUT2D eigenvalue weighted by Crippen LogP contribution is 2.08. The van der Waals surface area contributed by atoms with E-state index in [4.69, 9.17) is 9.84 Å². The second-order valence-corrected chi connectivity index (χ2v) is 2.48. The van der Waals surface area contributed by atoms with E-state index in [1.807, 2.05) is 6.92 Å². The van der Waals surface area contributed by atoms with Gasteiger partial charge in [-0.2, -0.15) is 0 Å². The van der Waals surface area contributed by atoms with Crippen LogP contribution in [0.4, 0.5) is 0 Å². The maximum atomic E-state index is 11.0. The molecule has 12 heavy (non-hydrogen) atoms. The van der Waals surface area contributed by atoms with Crippen molar-refractivity contribution in [3.05, 3.63) is 11.8 Å². The van der Waals surface area contributed by atoms with Crippen molar-refractivity contribution in [1.29, 1.82) is 0 Å². The third-order valence-corrected chi connectivity index (χ3v) is 1.49. The lowest BCUT2D eigenvalue weighted by Crippen LogP contribution is -2.07. The Morgan fingerprint density at radius 2 is 2.17 bits per heavy atom. The van der Waals surface area contributed by atoms with Gasteiger partial charge in [0.05, 0.1) is 18.4 Å². The molecule has 0 aliphatic carbocycles. The summed E-state index contributed by atoms with van der Waals surface area (Å²) >= 11 is 0. The molecule has 0 aromatic carbocycles. The highest BCUT2D eigenvalue weighted by Gasteiger charge is 2.08. The molecule has 3 nitrogen and oxygen atoms in total. The van der Waals surface area contributed by atoms with E-state index in [-0.39, 0.29) is 0 Å². The van der Waals surface area contributed by atoms with E-state index in [9.17, 15) is 4.79 Å². The Morgan fingerprint density at radius 1 is 1.50 bits per heavy atom. The third kappa shape index (κ3) is 4.01. The highest BCUT2D eigenvalue weighted by atomic mass is 16.5. The van der Waals surface area contributed by atoms with Crippen LogP contribution in [0.1, 0.15) is 33.1 Å². The smallest absolute Gasteiger partial charge is 0.337 e. The van der Waals surface area contributed by atoms with Crippen molar-refractivity contribution in [3.63, 3.8) is 0 Å². The second kappa shape index (κ2) is 6.70. The summed E-state index contributed by atoms with van der Waals surface area (Å²) in [4.78, 5) is 11.0. The molecular weight excluding hydrogens is 156 g/mol. The van der Waals surface area contributed by atoms with Crippen LogP contribution < -0.4 is 0 Å². The molecule has 0 atom stereocenters. The molecule has 0 aliphatic rings. The van der Waals surface area contributed by atoms with E-state index < -0.39 is 5.97 Å². The van der Waals surface area contributed by atoms with Gasteiger partial charge in [0.1, 0.15) is 0 Å². The number of hydrogen-bond acceptors (Lipinski definition) is 3. The fourth-order valence-corrected chi connectivity index (χ4v) is 0.810. The van der Waals surface area contributed by atoms with Crippen LogP contribution in [0, 0.1) is 0 Å². The van der Waals surface area contributed by atoms with Gasteiger partial charge in [0.15, 0.2) is 0 Å². The standard InChI is InChI=1S/C9H16O3/c1-3-5-6-8(7-10)9(11)12-4-2/h7,10H,3-6H2,1-2H3/b8-7-. The van der Waals surface area contributed by atoms with Gasteiger partial charge >= 0.3 is 5.97 Å². The quantitative estimate of drug-likeness (QED) is 0.393. The molecule has 0 aliphatic heterocycles. The van der Waals surface area contributed by atoms with Gasteiger partial charge in [0, 0.05) is 0 Å². The summed E-state index contributed by atoms with van der Waals surface area (Å²) in [6, 6.07) is 0. The molecular formula is C9H16O3. The molecule has 0 unspecified atom stereocenters. The first-order valence-corrected chi connectivity index (χ1v) is 4.26. The number of carbonyl (C=O) groups is 1. The van der Waals surface area contributed by atoms with E-state index in [1.54, 1.807) is 6.92 Å². The molecule has 0 spiro atoms. The summed E-state index contributed by atoms with van der Waals surface area (Å²) in [5.41, 5.74) is 0.360. The fourth-order valence-electron chi connectivity index (χ4n) is 0.810. The lowest BCUT2D eigenvalue weighted by atomic mass is 10.1. The molecule has 0 heterocycles. The van der Waals surface area contributed by atoms with Crippen molar-refractivity contribution in [3.8, 4) is 0 Å². The number of hydrogen-bond donors (Lipinski definition) is 1. The van der Waals surface area contributed by atoms with E-state index in [2.05, 4.69) is 0 Å². The van der Waals surface area contributed by atoms with Crippen LogP contribution in [0.15, 0.2) is 11.8 Å². The molecule has 0 rings (SSSR count). The lowest BCUT2D eigenvalue weighted by Gasteiger charge is -2.03. The van der Waals surface area contributed by atoms with Crippen molar-refractivity contribution in [1.82, 2.24) is 0 Å². The lowest BCUT2D eigenvalue weighted by molar-refractivity contribution is -0.138. The first-order chi connectivity index (χ1) is 5.76. The number of ether oxygens (including phenoxy) is 1. The Balaban J connectivity index is 3.90. The summed E-state index contributed by atoms with van der Waals surface area (Å²) in [5, 5.41) is 8.69. The van der Waals surface area contributed by atoms with Crippen molar-refractivity contribution in [2.75, 3.05) is 6.61 Å². The molecule has 3 heteroatoms. The largest absolute Gasteiger partial charge is 0.515 e. The Hall–Kier alpha value is -0.990. The second-order valence-electron chi connectivity index (χ2n) is 2.48. The first kappa shape index (κ1) is 11.0. The van der Waals surface area contributed by atoms with Crippen molar-refractivity contribution < 1.29 is 14.6 Å². The number of esters is 1. The first-order valence-electron chi connectivity index (χ1n) is 4.26. The number of aliphatic hydroxyl groups excluding tert-OH is 1. The number of carbonyl (C=O) groups excluding carboxylic acids is 1. The normalized spacial score (nSPS) is 11.3. The molecule has 0 amide bonds. The van der Waals surface area contributed by atoms with E-state index in [1.165, 1.54) is 0 Å². The van der Waals surface area contributed by atoms with Gasteiger partial charge < -0.3 is 9.84 Å². The summed E-state index contributed by atoms with van der Waals surface area (Å²) in [6.45, 7) is 4.12. The van der Waals surface area contributed by atoms with Crippen LogP contribution in [0.2, 0.25) is 0 Å². The summed E-state index contributed by atoms with van der Waals surface area (Å²) < 4.78 is 4.72. The minimum atomic E-state index is -0.409. The molecule has 0 saturated carbocycles. The van der Waals surface area contributed by atoms with Gasteiger partial charge in [-0.1, -0.05) is 13.3 Å². The van der Waals surface area contributed by atoms with Gasteiger partial charge in [0.25, 0.3) is 0 Å². The van der Waals surface area contributed by atoms with Crippen LogP contribution in [-0.4, -0.2) is 17.7 Å². The number of aliphatic hydroxyl groups is 1. The minimum absolute atomic E-state index is 0.350. The van der Waals surface area contributed by atoms with Crippen LogP contribution in [0.25, 0.3) is 0 Å². The summed E-state index contributed by atoms with van der Waals surface area (Å²) in [5.74, 6) is -0.409. The molecule has 0 aromatic rings. The molecule has 0 aromatic heterocycles. The van der Waals surface area contributed by atoms with E-state index >= 15 is 0 Å². The predicted molar refractivity (Wildman–Crippen MR) is 46.9 cm³/mol. The van der Waals surface area contributed by atoms with E-state index in [0.29, 0.717) is 18.6 Å². The average Bonchev–Trinajstić information content (AvgIpc) is 2.06. The monoisotopic (exact) mass is 172 g/mol. The fraction of sp³-hybridized carbons (Fsp3) is 0.667. The SMILES string of the molecule is CCCC/C(=C/O)C(=O)OCC. The summed E-state index contributed by atoms with van der Waals surface area (Å²) in [6.07, 6.45) is 3.32. The van der Waals surface area contributed by atoms with Crippen LogP contribution >= 0.6 is 0 Å². The zero-order valence-electron chi connectivity index (χ0n) is 7.67. The zero-order chi connectivity index (χ0) is 9.40. The van der Waals surface area contributed by atoms with Crippen LogP contribution in [0.3, 0.4) is 0 Å². The zero-order valence-corrected chi connectivity index (χ0v) is 7.67.